The van der Waals surface area contributed by atoms with Crippen LogP contribution in [0.1, 0.15) is 22.8 Å². The minimum atomic E-state index is -3.80. The smallest absolute Gasteiger partial charge is 0.338 e. The van der Waals surface area contributed by atoms with Crippen molar-refractivity contribution in [3.8, 4) is 17.2 Å². The van der Waals surface area contributed by atoms with E-state index in [1.165, 1.54) is 45.6 Å². The molecule has 28 heavy (non-hydrogen) atoms. The molecule has 0 aliphatic heterocycles. The highest BCUT2D eigenvalue weighted by molar-refractivity contribution is 7.89. The van der Waals surface area contributed by atoms with Gasteiger partial charge in [0.05, 0.1) is 38.4 Å². The molecular formula is C19H23NO7S. The van der Waals surface area contributed by atoms with E-state index in [4.69, 9.17) is 18.9 Å². The Labute approximate surface area is 164 Å². The van der Waals surface area contributed by atoms with Gasteiger partial charge in [0, 0.05) is 18.2 Å². The van der Waals surface area contributed by atoms with Crippen LogP contribution in [0, 0.1) is 0 Å². The number of methoxy groups -OCH3 is 3. The lowest BCUT2D eigenvalue weighted by atomic mass is 10.1. The second-order valence-corrected chi connectivity index (χ2v) is 7.36. The number of carbonyl (C=O) groups excluding carboxylic acids is 1. The number of hydrogen-bond donors (Lipinski definition) is 1. The Morgan fingerprint density at radius 2 is 1.50 bits per heavy atom. The number of ether oxygens (including phenoxy) is 4. The summed E-state index contributed by atoms with van der Waals surface area (Å²) in [6, 6.07) is 8.77. The van der Waals surface area contributed by atoms with Crippen LogP contribution < -0.4 is 18.9 Å². The molecule has 0 heterocycles. The first-order valence-electron chi connectivity index (χ1n) is 8.42. The Balaban J connectivity index is 2.20. The van der Waals surface area contributed by atoms with E-state index < -0.39 is 16.0 Å². The summed E-state index contributed by atoms with van der Waals surface area (Å²) in [6.07, 6.45) is 0. The van der Waals surface area contributed by atoms with Gasteiger partial charge in [0.25, 0.3) is 0 Å². The van der Waals surface area contributed by atoms with E-state index in [-0.39, 0.29) is 23.6 Å². The lowest BCUT2D eigenvalue weighted by Crippen LogP contribution is -2.23. The summed E-state index contributed by atoms with van der Waals surface area (Å²) in [5.41, 5.74) is 0.856. The molecule has 1 N–H and O–H groups in total. The lowest BCUT2D eigenvalue weighted by Gasteiger charge is -2.15. The predicted octanol–water partition coefficient (Wildman–Crippen LogP) is 2.37. The lowest BCUT2D eigenvalue weighted by molar-refractivity contribution is 0.0526. The van der Waals surface area contributed by atoms with E-state index in [1.807, 2.05) is 0 Å². The van der Waals surface area contributed by atoms with Crippen molar-refractivity contribution in [2.45, 2.75) is 18.4 Å². The molecule has 9 heteroatoms. The van der Waals surface area contributed by atoms with Gasteiger partial charge in [-0.25, -0.2) is 17.9 Å². The molecule has 0 saturated carbocycles. The first kappa shape index (κ1) is 21.5. The summed E-state index contributed by atoms with van der Waals surface area (Å²) in [5, 5.41) is 0. The topological polar surface area (TPSA) is 100 Å². The van der Waals surface area contributed by atoms with E-state index >= 15 is 0 Å². The first-order chi connectivity index (χ1) is 13.4. The average molecular weight is 409 g/mol. The van der Waals surface area contributed by atoms with Crippen molar-refractivity contribution < 1.29 is 32.2 Å². The van der Waals surface area contributed by atoms with Gasteiger partial charge in [0.1, 0.15) is 5.75 Å². The van der Waals surface area contributed by atoms with Gasteiger partial charge in [-0.15, -0.1) is 0 Å². The van der Waals surface area contributed by atoms with Crippen molar-refractivity contribution in [2.75, 3.05) is 27.9 Å². The molecule has 0 spiro atoms. The molecule has 2 rings (SSSR count). The highest BCUT2D eigenvalue weighted by Gasteiger charge is 2.18. The predicted molar refractivity (Wildman–Crippen MR) is 103 cm³/mol. The third kappa shape index (κ3) is 4.93. The van der Waals surface area contributed by atoms with Crippen molar-refractivity contribution in [1.29, 1.82) is 0 Å². The van der Waals surface area contributed by atoms with Crippen LogP contribution in [-0.4, -0.2) is 42.3 Å². The number of hydrogen-bond acceptors (Lipinski definition) is 7. The van der Waals surface area contributed by atoms with E-state index in [9.17, 15) is 13.2 Å². The maximum absolute atomic E-state index is 12.6. The van der Waals surface area contributed by atoms with Gasteiger partial charge in [0.2, 0.25) is 10.0 Å². The summed E-state index contributed by atoms with van der Waals surface area (Å²) < 4.78 is 48.3. The Morgan fingerprint density at radius 1 is 0.929 bits per heavy atom. The fraction of sp³-hybridized carbons (Fsp3) is 0.316. The number of esters is 1. The maximum atomic E-state index is 12.6. The van der Waals surface area contributed by atoms with E-state index in [0.717, 1.165) is 0 Å². The molecule has 0 aliphatic rings. The molecule has 0 saturated heterocycles. The average Bonchev–Trinajstić information content (AvgIpc) is 2.71. The zero-order valence-electron chi connectivity index (χ0n) is 16.1. The molecule has 8 nitrogen and oxygen atoms in total. The Morgan fingerprint density at radius 3 is 2.04 bits per heavy atom. The monoisotopic (exact) mass is 409 g/mol. The molecule has 2 aromatic carbocycles. The molecule has 0 aromatic heterocycles. The highest BCUT2D eigenvalue weighted by Crippen LogP contribution is 2.34. The minimum absolute atomic E-state index is 0.0223. The van der Waals surface area contributed by atoms with Crippen LogP contribution in [0.2, 0.25) is 0 Å². The van der Waals surface area contributed by atoms with Crippen LogP contribution in [0.15, 0.2) is 41.3 Å². The van der Waals surface area contributed by atoms with Crippen LogP contribution in [0.5, 0.6) is 17.2 Å². The zero-order chi connectivity index (χ0) is 20.7. The fourth-order valence-electron chi connectivity index (χ4n) is 2.47. The van der Waals surface area contributed by atoms with Crippen molar-refractivity contribution in [3.05, 3.63) is 47.5 Å². The largest absolute Gasteiger partial charge is 0.496 e. The molecule has 0 amide bonds. The number of benzene rings is 2. The van der Waals surface area contributed by atoms with Crippen molar-refractivity contribution in [3.63, 3.8) is 0 Å². The summed E-state index contributed by atoms with van der Waals surface area (Å²) in [5.74, 6) is 0.879. The summed E-state index contributed by atoms with van der Waals surface area (Å²) >= 11 is 0. The normalized spacial score (nSPS) is 11.0. The molecule has 2 aromatic rings. The van der Waals surface area contributed by atoms with Gasteiger partial charge < -0.3 is 18.9 Å². The number of nitrogens with one attached hydrogen (secondary N) is 1. The van der Waals surface area contributed by atoms with Gasteiger partial charge in [-0.1, -0.05) is 0 Å². The van der Waals surface area contributed by atoms with Crippen molar-refractivity contribution in [2.24, 2.45) is 0 Å². The quantitative estimate of drug-likeness (QED) is 0.635. The van der Waals surface area contributed by atoms with E-state index in [0.29, 0.717) is 22.8 Å². The van der Waals surface area contributed by atoms with Crippen LogP contribution in [0.3, 0.4) is 0 Å². The molecular weight excluding hydrogens is 386 g/mol. The van der Waals surface area contributed by atoms with Crippen molar-refractivity contribution in [1.82, 2.24) is 4.72 Å². The minimum Gasteiger partial charge on any atom is -0.496 e. The number of rotatable bonds is 9. The van der Waals surface area contributed by atoms with Gasteiger partial charge >= 0.3 is 5.97 Å². The highest BCUT2D eigenvalue weighted by atomic mass is 32.2. The molecule has 0 atom stereocenters. The molecule has 0 bridgehead atoms. The van der Waals surface area contributed by atoms with Gasteiger partial charge in [-0.2, -0.15) is 0 Å². The molecule has 0 radical (unpaired) electrons. The Hall–Kier alpha value is -2.78. The van der Waals surface area contributed by atoms with E-state index in [2.05, 4.69) is 4.72 Å². The second-order valence-electron chi connectivity index (χ2n) is 5.59. The SMILES string of the molecule is CCOC(=O)c1ccc(S(=O)(=O)NCc2cc(OC)c(OC)cc2OC)cc1. The molecule has 0 unspecified atom stereocenters. The second kappa shape index (κ2) is 9.43. The Kier molecular flexibility index (Phi) is 7.24. The summed E-state index contributed by atoms with van der Waals surface area (Å²) in [6.45, 7) is 1.92. The third-order valence-electron chi connectivity index (χ3n) is 3.91. The van der Waals surface area contributed by atoms with Gasteiger partial charge in [-0.05, 0) is 37.3 Å². The van der Waals surface area contributed by atoms with Crippen LogP contribution >= 0.6 is 0 Å². The third-order valence-corrected chi connectivity index (χ3v) is 5.33. The van der Waals surface area contributed by atoms with Crippen LogP contribution in [-0.2, 0) is 21.3 Å². The number of sulfonamides is 1. The molecule has 152 valence electrons. The first-order valence-corrected chi connectivity index (χ1v) is 9.90. The maximum Gasteiger partial charge on any atom is 0.338 e. The fourth-order valence-corrected chi connectivity index (χ4v) is 3.48. The Bertz CT molecular complexity index is 924. The van der Waals surface area contributed by atoms with Gasteiger partial charge in [-0.3, -0.25) is 0 Å². The molecule has 0 aliphatic carbocycles. The van der Waals surface area contributed by atoms with Crippen LogP contribution in [0.25, 0.3) is 0 Å². The summed E-state index contributed by atoms with van der Waals surface area (Å²) in [4.78, 5) is 11.7. The summed E-state index contributed by atoms with van der Waals surface area (Å²) in [7, 11) is 0.665. The molecule has 0 fully saturated rings. The zero-order valence-corrected chi connectivity index (χ0v) is 17.0. The number of carbonyl (C=O) groups is 1. The standard InChI is InChI=1S/C19H23NO7S/c1-5-27-19(21)13-6-8-15(9-7-13)28(22,23)20-12-14-10-17(25-3)18(26-4)11-16(14)24-2/h6-11,20H,5,12H2,1-4H3. The van der Waals surface area contributed by atoms with E-state index in [1.54, 1.807) is 19.1 Å². The van der Waals surface area contributed by atoms with Crippen LogP contribution in [0.4, 0.5) is 0 Å². The van der Waals surface area contributed by atoms with Crippen molar-refractivity contribution >= 4 is 16.0 Å². The van der Waals surface area contributed by atoms with Gasteiger partial charge in [0.15, 0.2) is 11.5 Å².